The molecule has 0 aromatic carbocycles. The molecule has 0 bridgehead atoms. The number of nitrogens with zero attached hydrogens (tertiary/aromatic N) is 1. The van der Waals surface area contributed by atoms with Crippen LogP contribution < -0.4 is 5.32 Å². The largest absolute Gasteiger partial charge is 0.370 e. The van der Waals surface area contributed by atoms with Gasteiger partial charge in [-0.15, -0.1) is 0 Å². The van der Waals surface area contributed by atoms with Crippen LogP contribution in [0, 0.1) is 5.41 Å². The zero-order valence-electron chi connectivity index (χ0n) is 11.3. The average Bonchev–Trinajstić information content (AvgIpc) is 2.28. The highest BCUT2D eigenvalue weighted by atomic mass is 14.9. The van der Waals surface area contributed by atoms with Crippen molar-refractivity contribution >= 4 is 5.84 Å². The van der Waals surface area contributed by atoms with Crippen LogP contribution in [0.25, 0.3) is 0 Å². The van der Waals surface area contributed by atoms with E-state index in [1.807, 2.05) is 12.3 Å². The molecule has 0 spiro atoms. The molecule has 3 nitrogen and oxygen atoms in total. The van der Waals surface area contributed by atoms with Crippen molar-refractivity contribution in [2.75, 3.05) is 6.54 Å². The maximum absolute atomic E-state index is 7.96. The predicted octanol–water partition coefficient (Wildman–Crippen LogP) is 3.09. The lowest BCUT2D eigenvalue weighted by Gasteiger charge is -2.19. The fraction of sp³-hybridized carbons (Fsp3) is 0.571. The smallest absolute Gasteiger partial charge is 0.127 e. The molecule has 17 heavy (non-hydrogen) atoms. The summed E-state index contributed by atoms with van der Waals surface area (Å²) in [6, 6.07) is 2.05. The van der Waals surface area contributed by atoms with Gasteiger partial charge in [0, 0.05) is 24.5 Å². The molecule has 0 atom stereocenters. The van der Waals surface area contributed by atoms with E-state index < -0.39 is 0 Å². The minimum absolute atomic E-state index is 0.0761. The van der Waals surface area contributed by atoms with E-state index in [0.29, 0.717) is 5.84 Å². The van der Waals surface area contributed by atoms with E-state index in [0.717, 1.165) is 30.5 Å². The number of amidine groups is 1. The number of pyridine rings is 1. The van der Waals surface area contributed by atoms with Gasteiger partial charge in [-0.25, -0.2) is 0 Å². The number of unbranched alkanes of at least 4 members (excludes halogenated alkanes) is 1. The molecule has 0 aliphatic rings. The third-order valence-corrected chi connectivity index (χ3v) is 2.73. The van der Waals surface area contributed by atoms with Gasteiger partial charge in [0.1, 0.15) is 5.84 Å². The van der Waals surface area contributed by atoms with Crippen LogP contribution in [0.2, 0.25) is 0 Å². The highest BCUT2D eigenvalue weighted by Crippen LogP contribution is 2.21. The Hall–Kier alpha value is -1.38. The first-order valence-electron chi connectivity index (χ1n) is 6.23. The summed E-state index contributed by atoms with van der Waals surface area (Å²) in [6.45, 7) is 9.47. The maximum atomic E-state index is 7.96. The molecule has 2 N–H and O–H groups in total. The topological polar surface area (TPSA) is 48.8 Å². The van der Waals surface area contributed by atoms with E-state index in [9.17, 15) is 0 Å². The average molecular weight is 233 g/mol. The highest BCUT2D eigenvalue weighted by molar-refractivity contribution is 5.96. The standard InChI is InChI=1S/C14H23N3/c1-5-6-7-17-13(15)11-8-12(10-16-9-11)14(2,3)4/h8-10H,5-7H2,1-4H3,(H2,15,17). The van der Waals surface area contributed by atoms with Gasteiger partial charge in [-0.1, -0.05) is 34.1 Å². The summed E-state index contributed by atoms with van der Waals surface area (Å²) in [5.74, 6) is 0.469. The zero-order valence-corrected chi connectivity index (χ0v) is 11.3. The summed E-state index contributed by atoms with van der Waals surface area (Å²) in [5.41, 5.74) is 2.11. The van der Waals surface area contributed by atoms with Crippen LogP contribution in [0.4, 0.5) is 0 Å². The Morgan fingerprint density at radius 2 is 2.06 bits per heavy atom. The second-order valence-electron chi connectivity index (χ2n) is 5.37. The fourth-order valence-corrected chi connectivity index (χ4v) is 1.48. The Kier molecular flexibility index (Phi) is 4.67. The molecule has 1 rings (SSSR count). The van der Waals surface area contributed by atoms with E-state index in [-0.39, 0.29) is 5.41 Å². The van der Waals surface area contributed by atoms with Gasteiger partial charge in [0.05, 0.1) is 0 Å². The van der Waals surface area contributed by atoms with Crippen molar-refractivity contribution in [3.63, 3.8) is 0 Å². The van der Waals surface area contributed by atoms with Gasteiger partial charge in [-0.05, 0) is 23.5 Å². The van der Waals surface area contributed by atoms with E-state index in [4.69, 9.17) is 5.41 Å². The molecule has 0 aliphatic carbocycles. The lowest BCUT2D eigenvalue weighted by molar-refractivity contribution is 0.587. The summed E-state index contributed by atoms with van der Waals surface area (Å²) in [5, 5.41) is 11.1. The van der Waals surface area contributed by atoms with E-state index >= 15 is 0 Å². The molecule has 94 valence electrons. The molecule has 0 fully saturated rings. The Morgan fingerprint density at radius 1 is 1.35 bits per heavy atom. The Bertz CT molecular complexity index is 377. The van der Waals surface area contributed by atoms with Gasteiger partial charge in [-0.3, -0.25) is 10.4 Å². The third-order valence-electron chi connectivity index (χ3n) is 2.73. The molecule has 1 heterocycles. The molecule has 0 aliphatic heterocycles. The molecule has 0 saturated heterocycles. The van der Waals surface area contributed by atoms with E-state index in [1.165, 1.54) is 0 Å². The minimum Gasteiger partial charge on any atom is -0.370 e. The van der Waals surface area contributed by atoms with Crippen molar-refractivity contribution in [1.29, 1.82) is 5.41 Å². The molecule has 0 amide bonds. The van der Waals surface area contributed by atoms with Crippen molar-refractivity contribution in [3.05, 3.63) is 29.6 Å². The third kappa shape index (κ3) is 4.17. The van der Waals surface area contributed by atoms with Crippen LogP contribution in [-0.4, -0.2) is 17.4 Å². The van der Waals surface area contributed by atoms with Gasteiger partial charge in [-0.2, -0.15) is 0 Å². The molecule has 3 heteroatoms. The van der Waals surface area contributed by atoms with Gasteiger partial charge >= 0.3 is 0 Å². The summed E-state index contributed by atoms with van der Waals surface area (Å²) >= 11 is 0. The van der Waals surface area contributed by atoms with Crippen LogP contribution in [0.1, 0.15) is 51.7 Å². The van der Waals surface area contributed by atoms with Crippen molar-refractivity contribution in [2.45, 2.75) is 46.0 Å². The van der Waals surface area contributed by atoms with E-state index in [1.54, 1.807) is 6.20 Å². The van der Waals surface area contributed by atoms with Gasteiger partial charge in [0.15, 0.2) is 0 Å². The lowest BCUT2D eigenvalue weighted by atomic mass is 9.87. The maximum Gasteiger partial charge on any atom is 0.127 e. The van der Waals surface area contributed by atoms with Crippen LogP contribution >= 0.6 is 0 Å². The first-order valence-corrected chi connectivity index (χ1v) is 6.23. The molecule has 1 aromatic rings. The highest BCUT2D eigenvalue weighted by Gasteiger charge is 2.15. The Balaban J connectivity index is 2.74. The summed E-state index contributed by atoms with van der Waals surface area (Å²) in [6.07, 6.45) is 5.86. The summed E-state index contributed by atoms with van der Waals surface area (Å²) < 4.78 is 0. The van der Waals surface area contributed by atoms with Crippen LogP contribution in [0.3, 0.4) is 0 Å². The number of hydrogen-bond donors (Lipinski definition) is 2. The lowest BCUT2D eigenvalue weighted by Crippen LogP contribution is -2.25. The molecular weight excluding hydrogens is 210 g/mol. The van der Waals surface area contributed by atoms with Gasteiger partial charge in [0.25, 0.3) is 0 Å². The summed E-state index contributed by atoms with van der Waals surface area (Å²) in [4.78, 5) is 4.22. The second-order valence-corrected chi connectivity index (χ2v) is 5.37. The first-order chi connectivity index (χ1) is 7.95. The second kappa shape index (κ2) is 5.80. The van der Waals surface area contributed by atoms with Crippen LogP contribution in [0.5, 0.6) is 0 Å². The number of rotatable bonds is 4. The molecular formula is C14H23N3. The van der Waals surface area contributed by atoms with Gasteiger partial charge in [0.2, 0.25) is 0 Å². The van der Waals surface area contributed by atoms with E-state index in [2.05, 4.69) is 38.0 Å². The Morgan fingerprint density at radius 3 is 2.65 bits per heavy atom. The van der Waals surface area contributed by atoms with Crippen molar-refractivity contribution < 1.29 is 0 Å². The van der Waals surface area contributed by atoms with Crippen molar-refractivity contribution in [3.8, 4) is 0 Å². The normalized spacial score (nSPS) is 11.3. The number of nitrogens with one attached hydrogen (secondary N) is 2. The van der Waals surface area contributed by atoms with Crippen LogP contribution in [-0.2, 0) is 5.41 Å². The fourth-order valence-electron chi connectivity index (χ4n) is 1.48. The number of hydrogen-bond acceptors (Lipinski definition) is 2. The minimum atomic E-state index is 0.0761. The van der Waals surface area contributed by atoms with Crippen molar-refractivity contribution in [1.82, 2.24) is 10.3 Å². The predicted molar refractivity (Wildman–Crippen MR) is 72.7 cm³/mol. The zero-order chi connectivity index (χ0) is 12.9. The quantitative estimate of drug-likeness (QED) is 0.477. The van der Waals surface area contributed by atoms with Crippen LogP contribution in [0.15, 0.2) is 18.5 Å². The number of aromatic nitrogens is 1. The SMILES string of the molecule is CCCCNC(=N)c1cncc(C(C)(C)C)c1. The molecule has 0 radical (unpaired) electrons. The monoisotopic (exact) mass is 233 g/mol. The van der Waals surface area contributed by atoms with Gasteiger partial charge < -0.3 is 5.32 Å². The Labute approximate surface area is 104 Å². The molecule has 1 aromatic heterocycles. The van der Waals surface area contributed by atoms with Crippen molar-refractivity contribution in [2.24, 2.45) is 0 Å². The first kappa shape index (κ1) is 13.7. The summed E-state index contributed by atoms with van der Waals surface area (Å²) in [7, 11) is 0. The molecule has 0 unspecified atom stereocenters. The molecule has 0 saturated carbocycles.